The molecule has 6 heteroatoms. The van der Waals surface area contributed by atoms with Crippen LogP contribution in [-0.2, 0) is 16.6 Å². The SMILES string of the molecule is CCOc1cc(/C=C(\C#N)C(=O)N2CCc3ccccc32)ccc1OC(=O)c1ccc(C(C)(C)C)cc1. The van der Waals surface area contributed by atoms with Crippen LogP contribution < -0.4 is 14.4 Å². The molecule has 0 aromatic heterocycles. The molecule has 1 amide bonds. The second kappa shape index (κ2) is 10.7. The molecule has 37 heavy (non-hydrogen) atoms. The van der Waals surface area contributed by atoms with Gasteiger partial charge in [0.2, 0.25) is 0 Å². The number of anilines is 1. The van der Waals surface area contributed by atoms with Crippen molar-refractivity contribution in [1.82, 2.24) is 0 Å². The second-order valence-corrected chi connectivity index (χ2v) is 9.86. The van der Waals surface area contributed by atoms with Gasteiger partial charge >= 0.3 is 5.97 Å². The highest BCUT2D eigenvalue weighted by Crippen LogP contribution is 2.32. The summed E-state index contributed by atoms with van der Waals surface area (Å²) in [5, 5.41) is 9.74. The highest BCUT2D eigenvalue weighted by atomic mass is 16.6. The van der Waals surface area contributed by atoms with Crippen molar-refractivity contribution < 1.29 is 19.1 Å². The molecule has 188 valence electrons. The molecule has 0 bridgehead atoms. The summed E-state index contributed by atoms with van der Waals surface area (Å²) < 4.78 is 11.4. The lowest BCUT2D eigenvalue weighted by Crippen LogP contribution is -2.29. The summed E-state index contributed by atoms with van der Waals surface area (Å²) in [7, 11) is 0. The number of hydrogen-bond acceptors (Lipinski definition) is 5. The van der Waals surface area contributed by atoms with Crippen molar-refractivity contribution >= 4 is 23.6 Å². The highest BCUT2D eigenvalue weighted by molar-refractivity contribution is 6.12. The van der Waals surface area contributed by atoms with E-state index in [0.29, 0.717) is 30.0 Å². The fourth-order valence-electron chi connectivity index (χ4n) is 4.24. The van der Waals surface area contributed by atoms with Crippen LogP contribution >= 0.6 is 0 Å². The molecule has 3 aromatic carbocycles. The Hall–Kier alpha value is -4.37. The van der Waals surface area contributed by atoms with Crippen molar-refractivity contribution in [2.75, 3.05) is 18.1 Å². The van der Waals surface area contributed by atoms with E-state index >= 15 is 0 Å². The lowest BCUT2D eigenvalue weighted by Gasteiger charge is -2.19. The molecule has 0 spiro atoms. The Balaban J connectivity index is 1.56. The number of benzene rings is 3. The van der Waals surface area contributed by atoms with E-state index in [9.17, 15) is 14.9 Å². The number of carbonyl (C=O) groups excluding carboxylic acids is 2. The van der Waals surface area contributed by atoms with Crippen molar-refractivity contribution in [2.45, 2.75) is 39.5 Å². The minimum absolute atomic E-state index is 0.0165. The number of hydrogen-bond donors (Lipinski definition) is 0. The zero-order valence-corrected chi connectivity index (χ0v) is 21.6. The van der Waals surface area contributed by atoms with Crippen molar-refractivity contribution in [3.05, 3.63) is 94.6 Å². The average Bonchev–Trinajstić information content (AvgIpc) is 3.32. The summed E-state index contributed by atoms with van der Waals surface area (Å²) >= 11 is 0. The van der Waals surface area contributed by atoms with Crippen molar-refractivity contribution in [3.8, 4) is 17.6 Å². The van der Waals surface area contributed by atoms with Crippen molar-refractivity contribution in [1.29, 1.82) is 5.26 Å². The van der Waals surface area contributed by atoms with Crippen molar-refractivity contribution in [3.63, 3.8) is 0 Å². The third kappa shape index (κ3) is 5.73. The van der Waals surface area contributed by atoms with Gasteiger partial charge in [0.25, 0.3) is 5.91 Å². The predicted octanol–water partition coefficient (Wildman–Crippen LogP) is 6.10. The number of ether oxygens (including phenoxy) is 2. The van der Waals surface area contributed by atoms with Crippen LogP contribution in [0.3, 0.4) is 0 Å². The van der Waals surface area contributed by atoms with Gasteiger partial charge < -0.3 is 14.4 Å². The van der Waals surface area contributed by atoms with E-state index in [-0.39, 0.29) is 22.6 Å². The van der Waals surface area contributed by atoms with Crippen LogP contribution in [0, 0.1) is 11.3 Å². The molecule has 0 unspecified atom stereocenters. The Morgan fingerprint density at radius 2 is 1.76 bits per heavy atom. The first-order valence-corrected chi connectivity index (χ1v) is 12.3. The molecule has 0 atom stereocenters. The maximum atomic E-state index is 13.1. The molecule has 3 aromatic rings. The molecule has 0 aliphatic carbocycles. The van der Waals surface area contributed by atoms with E-state index in [1.54, 1.807) is 35.2 Å². The fourth-order valence-corrected chi connectivity index (χ4v) is 4.24. The van der Waals surface area contributed by atoms with Gasteiger partial charge in [-0.2, -0.15) is 5.26 Å². The second-order valence-electron chi connectivity index (χ2n) is 9.86. The lowest BCUT2D eigenvalue weighted by atomic mass is 9.87. The van der Waals surface area contributed by atoms with Gasteiger partial charge in [-0.15, -0.1) is 0 Å². The van der Waals surface area contributed by atoms with E-state index in [2.05, 4.69) is 20.8 Å². The zero-order valence-electron chi connectivity index (χ0n) is 21.6. The molecule has 0 radical (unpaired) electrons. The maximum absolute atomic E-state index is 13.1. The van der Waals surface area contributed by atoms with Crippen LogP contribution in [0.2, 0.25) is 0 Å². The van der Waals surface area contributed by atoms with E-state index in [4.69, 9.17) is 9.47 Å². The summed E-state index contributed by atoms with van der Waals surface area (Å²) in [5.41, 5.74) is 4.07. The molecule has 1 heterocycles. The van der Waals surface area contributed by atoms with Gasteiger partial charge in [-0.05, 0) is 71.9 Å². The lowest BCUT2D eigenvalue weighted by molar-refractivity contribution is -0.114. The van der Waals surface area contributed by atoms with Gasteiger partial charge in [0.1, 0.15) is 11.6 Å². The van der Waals surface area contributed by atoms with E-state index < -0.39 is 5.97 Å². The van der Waals surface area contributed by atoms with Gasteiger partial charge in [0.15, 0.2) is 11.5 Å². The number of nitriles is 1. The standard InChI is InChI=1S/C31H30N2O4/c1-5-36-28-19-21(18-24(20-32)29(34)33-17-16-22-8-6-7-9-26(22)33)10-15-27(28)37-30(35)23-11-13-25(14-12-23)31(2,3)4/h6-15,18-19H,5,16-17H2,1-4H3/b24-18+. The van der Waals surface area contributed by atoms with Crippen LogP contribution in [0.4, 0.5) is 5.69 Å². The number of carbonyl (C=O) groups is 2. The van der Waals surface area contributed by atoms with Gasteiger partial charge in [-0.25, -0.2) is 4.79 Å². The normalized spacial score (nSPS) is 13.1. The number of rotatable bonds is 6. The largest absolute Gasteiger partial charge is 0.490 e. The summed E-state index contributed by atoms with van der Waals surface area (Å²) in [6.45, 7) is 9.05. The molecule has 0 saturated heterocycles. The first-order valence-electron chi connectivity index (χ1n) is 12.3. The smallest absolute Gasteiger partial charge is 0.343 e. The Morgan fingerprint density at radius 3 is 2.43 bits per heavy atom. The molecule has 6 nitrogen and oxygen atoms in total. The van der Waals surface area contributed by atoms with Crippen molar-refractivity contribution in [2.24, 2.45) is 0 Å². The maximum Gasteiger partial charge on any atom is 0.343 e. The van der Waals surface area contributed by atoms with Crippen LogP contribution in [0.25, 0.3) is 6.08 Å². The minimum atomic E-state index is -0.495. The Kier molecular flexibility index (Phi) is 7.45. The van der Waals surface area contributed by atoms with Crippen LogP contribution in [0.5, 0.6) is 11.5 Å². The molecule has 0 N–H and O–H groups in total. The number of fused-ring (bicyclic) bond motifs is 1. The van der Waals surface area contributed by atoms with Crippen LogP contribution in [0.15, 0.2) is 72.3 Å². The number of esters is 1. The topological polar surface area (TPSA) is 79.6 Å². The van der Waals surface area contributed by atoms with E-state index in [1.807, 2.05) is 49.4 Å². The third-order valence-corrected chi connectivity index (χ3v) is 6.25. The third-order valence-electron chi connectivity index (χ3n) is 6.25. The highest BCUT2D eigenvalue weighted by Gasteiger charge is 2.26. The summed E-state index contributed by atoms with van der Waals surface area (Å²) in [6, 6.07) is 22.1. The Morgan fingerprint density at radius 1 is 1.03 bits per heavy atom. The quantitative estimate of drug-likeness (QED) is 0.179. The minimum Gasteiger partial charge on any atom is -0.490 e. The van der Waals surface area contributed by atoms with E-state index in [0.717, 1.165) is 23.2 Å². The van der Waals surface area contributed by atoms with Gasteiger partial charge in [0, 0.05) is 12.2 Å². The first-order chi connectivity index (χ1) is 17.7. The van der Waals surface area contributed by atoms with Crippen LogP contribution in [-0.4, -0.2) is 25.0 Å². The molecule has 1 aliphatic heterocycles. The van der Waals surface area contributed by atoms with Crippen LogP contribution in [0.1, 0.15) is 54.7 Å². The van der Waals surface area contributed by atoms with E-state index in [1.165, 1.54) is 6.08 Å². The summed E-state index contributed by atoms with van der Waals surface area (Å²) in [6.07, 6.45) is 2.29. The summed E-state index contributed by atoms with van der Waals surface area (Å²) in [4.78, 5) is 27.6. The Bertz CT molecular complexity index is 1390. The monoisotopic (exact) mass is 494 g/mol. The Labute approximate surface area is 217 Å². The molecular weight excluding hydrogens is 464 g/mol. The van der Waals surface area contributed by atoms with Gasteiger partial charge in [-0.1, -0.05) is 57.2 Å². The average molecular weight is 495 g/mol. The summed E-state index contributed by atoms with van der Waals surface area (Å²) in [5.74, 6) is -0.223. The number of para-hydroxylation sites is 1. The molecule has 1 aliphatic rings. The molecule has 0 fully saturated rings. The number of nitrogens with zero attached hydrogens (tertiary/aromatic N) is 2. The van der Waals surface area contributed by atoms with Gasteiger partial charge in [0.05, 0.1) is 12.2 Å². The predicted molar refractivity (Wildman–Crippen MR) is 144 cm³/mol. The molecular formula is C31H30N2O4. The first kappa shape index (κ1) is 25.7. The number of amides is 1. The molecule has 0 saturated carbocycles. The molecule has 4 rings (SSSR count). The fraction of sp³-hybridized carbons (Fsp3) is 0.258. The van der Waals surface area contributed by atoms with Gasteiger partial charge in [-0.3, -0.25) is 4.79 Å². The zero-order chi connectivity index (χ0) is 26.6.